The van der Waals surface area contributed by atoms with Gasteiger partial charge < -0.3 is 14.9 Å². The third-order valence-electron chi connectivity index (χ3n) is 4.83. The third-order valence-corrected chi connectivity index (χ3v) is 4.83. The number of aromatic nitrogens is 2. The summed E-state index contributed by atoms with van der Waals surface area (Å²) in [4.78, 5) is 30.5. The molecule has 0 saturated carbocycles. The normalized spacial score (nSPS) is 11.0. The molecule has 29 heavy (non-hydrogen) atoms. The first-order valence-corrected chi connectivity index (χ1v) is 9.81. The Kier molecular flexibility index (Phi) is 6.94. The predicted molar refractivity (Wildman–Crippen MR) is 109 cm³/mol. The minimum absolute atomic E-state index is 0.182. The molecule has 1 aromatic carbocycles. The SMILES string of the molecule is O=C(O)CCCCCCCCOc1nc2cc(C(=O)O)ccc2c2cnccc12. The van der Waals surface area contributed by atoms with Crippen LogP contribution in [0.15, 0.2) is 36.7 Å². The van der Waals surface area contributed by atoms with Crippen molar-refractivity contribution in [3.05, 3.63) is 42.2 Å². The van der Waals surface area contributed by atoms with Gasteiger partial charge in [0.15, 0.2) is 0 Å². The van der Waals surface area contributed by atoms with Crippen molar-refractivity contribution >= 4 is 33.6 Å². The van der Waals surface area contributed by atoms with Crippen LogP contribution in [0, 0.1) is 0 Å². The molecule has 152 valence electrons. The minimum atomic E-state index is -0.995. The van der Waals surface area contributed by atoms with Crippen LogP contribution in [-0.2, 0) is 4.79 Å². The van der Waals surface area contributed by atoms with E-state index >= 15 is 0 Å². The van der Waals surface area contributed by atoms with E-state index in [1.165, 1.54) is 0 Å². The number of carbonyl (C=O) groups is 2. The molecule has 0 aliphatic carbocycles. The lowest BCUT2D eigenvalue weighted by Gasteiger charge is -2.11. The highest BCUT2D eigenvalue weighted by molar-refractivity contribution is 6.08. The van der Waals surface area contributed by atoms with Crippen LogP contribution >= 0.6 is 0 Å². The monoisotopic (exact) mass is 396 g/mol. The number of pyridine rings is 2. The van der Waals surface area contributed by atoms with E-state index in [1.807, 2.05) is 6.07 Å². The fraction of sp³-hybridized carbons (Fsp3) is 0.364. The zero-order chi connectivity index (χ0) is 20.6. The third kappa shape index (κ3) is 5.40. The number of hydrogen-bond donors (Lipinski definition) is 2. The summed E-state index contributed by atoms with van der Waals surface area (Å²) >= 11 is 0. The summed E-state index contributed by atoms with van der Waals surface area (Å²) in [6.07, 6.45) is 9.27. The molecule has 0 aliphatic rings. The maximum Gasteiger partial charge on any atom is 0.335 e. The summed E-state index contributed by atoms with van der Waals surface area (Å²) in [7, 11) is 0. The number of hydrogen-bond acceptors (Lipinski definition) is 5. The molecule has 0 radical (unpaired) electrons. The highest BCUT2D eigenvalue weighted by Crippen LogP contribution is 2.30. The van der Waals surface area contributed by atoms with Gasteiger partial charge in [0.2, 0.25) is 5.88 Å². The van der Waals surface area contributed by atoms with Crippen LogP contribution in [0.1, 0.15) is 55.3 Å². The smallest absolute Gasteiger partial charge is 0.335 e. The van der Waals surface area contributed by atoms with E-state index in [0.717, 1.165) is 54.7 Å². The van der Waals surface area contributed by atoms with E-state index in [-0.39, 0.29) is 12.0 Å². The Morgan fingerprint density at radius 1 is 0.897 bits per heavy atom. The number of nitrogens with zero attached hydrogens (tertiary/aromatic N) is 2. The van der Waals surface area contributed by atoms with Crippen LogP contribution in [0.4, 0.5) is 0 Å². The highest BCUT2D eigenvalue weighted by Gasteiger charge is 2.12. The zero-order valence-electron chi connectivity index (χ0n) is 16.1. The lowest BCUT2D eigenvalue weighted by atomic mass is 10.1. The number of benzene rings is 1. The number of aliphatic carboxylic acids is 1. The lowest BCUT2D eigenvalue weighted by Crippen LogP contribution is -2.02. The van der Waals surface area contributed by atoms with Crippen molar-refractivity contribution in [2.75, 3.05) is 6.61 Å². The van der Waals surface area contributed by atoms with Gasteiger partial charge in [0.1, 0.15) is 0 Å². The Hall–Kier alpha value is -3.22. The molecule has 3 rings (SSSR count). The number of carboxylic acids is 2. The van der Waals surface area contributed by atoms with Gasteiger partial charge in [-0.15, -0.1) is 0 Å². The first-order chi connectivity index (χ1) is 14.1. The summed E-state index contributed by atoms with van der Waals surface area (Å²) in [6, 6.07) is 6.72. The fourth-order valence-corrected chi connectivity index (χ4v) is 3.31. The van der Waals surface area contributed by atoms with Crippen LogP contribution in [0.5, 0.6) is 5.88 Å². The van der Waals surface area contributed by atoms with Gasteiger partial charge in [0, 0.05) is 35.0 Å². The molecule has 0 unspecified atom stereocenters. The van der Waals surface area contributed by atoms with Crippen molar-refractivity contribution in [2.45, 2.75) is 44.9 Å². The van der Waals surface area contributed by atoms with Crippen LogP contribution < -0.4 is 4.74 Å². The van der Waals surface area contributed by atoms with Gasteiger partial charge >= 0.3 is 11.9 Å². The second-order valence-electron chi connectivity index (χ2n) is 6.99. The maximum absolute atomic E-state index is 11.3. The van der Waals surface area contributed by atoms with E-state index in [9.17, 15) is 14.7 Å². The summed E-state index contributed by atoms with van der Waals surface area (Å²) in [6.45, 7) is 0.518. The van der Waals surface area contributed by atoms with E-state index in [2.05, 4.69) is 9.97 Å². The number of carboxylic acid groups (broad SMARTS) is 2. The average molecular weight is 396 g/mol. The second-order valence-corrected chi connectivity index (χ2v) is 6.99. The summed E-state index contributed by atoms with van der Waals surface area (Å²) < 4.78 is 5.92. The molecular weight excluding hydrogens is 372 g/mol. The molecule has 0 atom stereocenters. The number of ether oxygens (including phenoxy) is 1. The maximum atomic E-state index is 11.3. The number of rotatable bonds is 11. The summed E-state index contributed by atoms with van der Waals surface area (Å²) in [5, 5.41) is 20.4. The molecule has 7 nitrogen and oxygen atoms in total. The molecule has 0 bridgehead atoms. The quantitative estimate of drug-likeness (QED) is 0.358. The Bertz CT molecular complexity index is 1020. The van der Waals surface area contributed by atoms with Gasteiger partial charge in [-0.3, -0.25) is 9.78 Å². The van der Waals surface area contributed by atoms with Gasteiger partial charge in [-0.05, 0) is 31.0 Å². The Labute approximate surface area is 168 Å². The molecule has 3 aromatic rings. The van der Waals surface area contributed by atoms with Gasteiger partial charge in [-0.1, -0.05) is 31.7 Å². The van der Waals surface area contributed by atoms with Crippen molar-refractivity contribution in [1.82, 2.24) is 9.97 Å². The van der Waals surface area contributed by atoms with E-state index in [0.29, 0.717) is 18.0 Å². The van der Waals surface area contributed by atoms with Gasteiger partial charge in [-0.25, -0.2) is 9.78 Å². The van der Waals surface area contributed by atoms with Crippen molar-refractivity contribution < 1.29 is 24.5 Å². The van der Waals surface area contributed by atoms with Crippen LogP contribution in [0.3, 0.4) is 0 Å². The molecule has 0 amide bonds. The molecule has 0 fully saturated rings. The summed E-state index contributed by atoms with van der Waals surface area (Å²) in [5.74, 6) is -1.25. The molecule has 2 aromatic heterocycles. The average Bonchev–Trinajstić information content (AvgIpc) is 2.71. The second kappa shape index (κ2) is 9.82. The Balaban J connectivity index is 1.62. The molecule has 0 saturated heterocycles. The van der Waals surface area contributed by atoms with E-state index < -0.39 is 11.9 Å². The van der Waals surface area contributed by atoms with Crippen molar-refractivity contribution in [3.8, 4) is 5.88 Å². The van der Waals surface area contributed by atoms with Gasteiger partial charge in [0.05, 0.1) is 17.7 Å². The Morgan fingerprint density at radius 2 is 1.66 bits per heavy atom. The number of unbranched alkanes of at least 4 members (excludes halogenated alkanes) is 5. The van der Waals surface area contributed by atoms with Crippen LogP contribution in [0.2, 0.25) is 0 Å². The van der Waals surface area contributed by atoms with Crippen LogP contribution in [0.25, 0.3) is 21.7 Å². The minimum Gasteiger partial charge on any atom is -0.481 e. The topological polar surface area (TPSA) is 110 Å². The van der Waals surface area contributed by atoms with E-state index in [4.69, 9.17) is 9.84 Å². The number of aromatic carboxylic acids is 1. The first-order valence-electron chi connectivity index (χ1n) is 9.81. The summed E-state index contributed by atoms with van der Waals surface area (Å²) in [5.41, 5.74) is 0.751. The largest absolute Gasteiger partial charge is 0.481 e. The van der Waals surface area contributed by atoms with Crippen molar-refractivity contribution in [2.24, 2.45) is 0 Å². The van der Waals surface area contributed by atoms with Gasteiger partial charge in [-0.2, -0.15) is 0 Å². The fourth-order valence-electron chi connectivity index (χ4n) is 3.31. The first kappa shape index (κ1) is 20.5. The van der Waals surface area contributed by atoms with Crippen LogP contribution in [-0.4, -0.2) is 38.7 Å². The molecule has 0 spiro atoms. The molecule has 2 heterocycles. The van der Waals surface area contributed by atoms with Crippen molar-refractivity contribution in [3.63, 3.8) is 0 Å². The lowest BCUT2D eigenvalue weighted by molar-refractivity contribution is -0.137. The molecule has 7 heteroatoms. The van der Waals surface area contributed by atoms with Crippen molar-refractivity contribution in [1.29, 1.82) is 0 Å². The predicted octanol–water partition coefficient (Wildman–Crippen LogP) is 4.68. The standard InChI is InChI=1S/C22H24N2O5/c25-20(26)7-5-3-1-2-4-6-12-29-21-17-10-11-23-14-18(17)16-9-8-15(22(27)28)13-19(16)24-21/h8-11,13-14H,1-7,12H2,(H,25,26)(H,27,28). The Morgan fingerprint density at radius 3 is 2.41 bits per heavy atom. The molecular formula is C22H24N2O5. The highest BCUT2D eigenvalue weighted by atomic mass is 16.5. The van der Waals surface area contributed by atoms with E-state index in [1.54, 1.807) is 30.6 Å². The zero-order valence-corrected chi connectivity index (χ0v) is 16.1. The van der Waals surface area contributed by atoms with Gasteiger partial charge in [0.25, 0.3) is 0 Å². The number of fused-ring (bicyclic) bond motifs is 3. The molecule has 2 N–H and O–H groups in total. The molecule has 0 aliphatic heterocycles.